The van der Waals surface area contributed by atoms with Crippen molar-refractivity contribution in [3.8, 4) is 10.6 Å². The van der Waals surface area contributed by atoms with Crippen molar-refractivity contribution in [1.82, 2.24) is 9.88 Å². The first kappa shape index (κ1) is 14.7. The van der Waals surface area contributed by atoms with E-state index in [1.54, 1.807) is 16.2 Å². The lowest BCUT2D eigenvalue weighted by molar-refractivity contribution is -0.130. The van der Waals surface area contributed by atoms with E-state index in [4.69, 9.17) is 0 Å². The molecule has 0 bridgehead atoms. The molecule has 0 atom stereocenters. The monoisotopic (exact) mass is 288 g/mol. The highest BCUT2D eigenvalue weighted by Crippen LogP contribution is 2.24. The SMILES string of the molecule is Cc1cccc(-c2nc(CC(=O)N(C)C(C)C)cs2)c1. The minimum atomic E-state index is 0.112. The van der Waals surface area contributed by atoms with Gasteiger partial charge in [-0.2, -0.15) is 0 Å². The van der Waals surface area contributed by atoms with Gasteiger partial charge in [0.05, 0.1) is 12.1 Å². The van der Waals surface area contributed by atoms with Crippen LogP contribution in [0, 0.1) is 6.92 Å². The molecule has 0 saturated carbocycles. The van der Waals surface area contributed by atoms with E-state index in [0.717, 1.165) is 16.3 Å². The first-order valence-corrected chi connectivity index (χ1v) is 7.62. The minimum absolute atomic E-state index is 0.112. The molecular formula is C16H20N2OS. The zero-order valence-electron chi connectivity index (χ0n) is 12.4. The molecule has 2 aromatic rings. The van der Waals surface area contributed by atoms with Gasteiger partial charge in [0.15, 0.2) is 0 Å². The normalized spacial score (nSPS) is 10.8. The summed E-state index contributed by atoms with van der Waals surface area (Å²) >= 11 is 1.59. The Hall–Kier alpha value is -1.68. The largest absolute Gasteiger partial charge is 0.343 e. The molecule has 0 spiro atoms. The highest BCUT2D eigenvalue weighted by atomic mass is 32.1. The third kappa shape index (κ3) is 3.45. The van der Waals surface area contributed by atoms with Crippen LogP contribution in [0.5, 0.6) is 0 Å². The van der Waals surface area contributed by atoms with Gasteiger partial charge >= 0.3 is 0 Å². The summed E-state index contributed by atoms with van der Waals surface area (Å²) in [6.45, 7) is 6.09. The lowest BCUT2D eigenvalue weighted by Crippen LogP contribution is -2.34. The van der Waals surface area contributed by atoms with Gasteiger partial charge < -0.3 is 4.90 Å². The van der Waals surface area contributed by atoms with E-state index in [1.807, 2.05) is 32.3 Å². The quantitative estimate of drug-likeness (QED) is 0.862. The van der Waals surface area contributed by atoms with Gasteiger partial charge in [-0.1, -0.05) is 23.8 Å². The molecule has 0 fully saturated rings. The van der Waals surface area contributed by atoms with Crippen LogP contribution in [-0.2, 0) is 11.2 Å². The Balaban J connectivity index is 2.12. The number of hydrogen-bond acceptors (Lipinski definition) is 3. The van der Waals surface area contributed by atoms with Crippen molar-refractivity contribution < 1.29 is 4.79 Å². The Labute approximate surface area is 124 Å². The van der Waals surface area contributed by atoms with Crippen molar-refractivity contribution in [3.05, 3.63) is 40.9 Å². The topological polar surface area (TPSA) is 33.2 Å². The standard InChI is InChI=1S/C16H20N2OS/c1-11(2)18(4)15(19)9-14-10-20-16(17-14)13-7-5-6-12(3)8-13/h5-8,10-11H,9H2,1-4H3. The van der Waals surface area contributed by atoms with Crippen LogP contribution in [0.4, 0.5) is 0 Å². The summed E-state index contributed by atoms with van der Waals surface area (Å²) in [6.07, 6.45) is 0.372. The molecule has 1 heterocycles. The summed E-state index contributed by atoms with van der Waals surface area (Å²) in [5.41, 5.74) is 3.18. The highest BCUT2D eigenvalue weighted by Gasteiger charge is 2.14. The van der Waals surface area contributed by atoms with Crippen LogP contribution < -0.4 is 0 Å². The van der Waals surface area contributed by atoms with Gasteiger partial charge in [0.2, 0.25) is 5.91 Å². The molecule has 0 N–H and O–H groups in total. The van der Waals surface area contributed by atoms with E-state index in [0.29, 0.717) is 6.42 Å². The predicted octanol–water partition coefficient (Wildman–Crippen LogP) is 3.53. The predicted molar refractivity (Wildman–Crippen MR) is 83.9 cm³/mol. The first-order valence-electron chi connectivity index (χ1n) is 6.74. The average molecular weight is 288 g/mol. The number of benzene rings is 1. The number of hydrogen-bond donors (Lipinski definition) is 0. The van der Waals surface area contributed by atoms with E-state index >= 15 is 0 Å². The number of amides is 1. The van der Waals surface area contributed by atoms with Crippen LogP contribution >= 0.6 is 11.3 Å². The van der Waals surface area contributed by atoms with Crippen molar-refractivity contribution in [2.45, 2.75) is 33.2 Å². The number of carbonyl (C=O) groups is 1. The fourth-order valence-corrected chi connectivity index (χ4v) is 2.68. The Morgan fingerprint density at radius 2 is 2.15 bits per heavy atom. The molecule has 0 saturated heterocycles. The van der Waals surface area contributed by atoms with Crippen LogP contribution in [0.25, 0.3) is 10.6 Å². The summed E-state index contributed by atoms with van der Waals surface area (Å²) in [5.74, 6) is 0.112. The highest BCUT2D eigenvalue weighted by molar-refractivity contribution is 7.13. The molecule has 0 aliphatic rings. The molecular weight excluding hydrogens is 268 g/mol. The lowest BCUT2D eigenvalue weighted by atomic mass is 10.1. The summed E-state index contributed by atoms with van der Waals surface area (Å²) in [5, 5.41) is 2.95. The number of aryl methyl sites for hydroxylation is 1. The Morgan fingerprint density at radius 1 is 1.40 bits per heavy atom. The summed E-state index contributed by atoms with van der Waals surface area (Å²) in [6, 6.07) is 8.49. The maximum atomic E-state index is 12.0. The third-order valence-corrected chi connectivity index (χ3v) is 4.26. The molecule has 2 rings (SSSR count). The molecule has 0 aliphatic carbocycles. The number of nitrogens with zero attached hydrogens (tertiary/aromatic N) is 2. The number of thiazole rings is 1. The van der Waals surface area contributed by atoms with Crippen LogP contribution in [0.1, 0.15) is 25.1 Å². The van der Waals surface area contributed by atoms with Crippen molar-refractivity contribution in [3.63, 3.8) is 0 Å². The second kappa shape index (κ2) is 6.18. The zero-order valence-corrected chi connectivity index (χ0v) is 13.2. The number of carbonyl (C=O) groups excluding carboxylic acids is 1. The summed E-state index contributed by atoms with van der Waals surface area (Å²) in [7, 11) is 1.83. The third-order valence-electron chi connectivity index (χ3n) is 3.32. The smallest absolute Gasteiger partial charge is 0.228 e. The number of rotatable bonds is 4. The molecule has 0 aliphatic heterocycles. The molecule has 0 unspecified atom stereocenters. The van der Waals surface area contributed by atoms with E-state index in [1.165, 1.54) is 5.56 Å². The van der Waals surface area contributed by atoms with E-state index < -0.39 is 0 Å². The average Bonchev–Trinajstić information content (AvgIpc) is 2.86. The molecule has 1 aromatic heterocycles. The van der Waals surface area contributed by atoms with E-state index in [9.17, 15) is 4.79 Å². The van der Waals surface area contributed by atoms with Crippen molar-refractivity contribution in [1.29, 1.82) is 0 Å². The van der Waals surface area contributed by atoms with Gasteiger partial charge in [-0.3, -0.25) is 4.79 Å². The number of likely N-dealkylation sites (N-methyl/N-ethyl adjacent to an activating group) is 1. The minimum Gasteiger partial charge on any atom is -0.343 e. The number of aromatic nitrogens is 1. The van der Waals surface area contributed by atoms with Crippen LogP contribution in [0.15, 0.2) is 29.6 Å². The zero-order chi connectivity index (χ0) is 14.7. The maximum absolute atomic E-state index is 12.0. The fourth-order valence-electron chi connectivity index (χ4n) is 1.87. The molecule has 106 valence electrons. The van der Waals surface area contributed by atoms with Crippen molar-refractivity contribution >= 4 is 17.2 Å². The van der Waals surface area contributed by atoms with E-state index in [-0.39, 0.29) is 11.9 Å². The maximum Gasteiger partial charge on any atom is 0.228 e. The first-order chi connectivity index (χ1) is 9.47. The van der Waals surface area contributed by atoms with Crippen LogP contribution in [-0.4, -0.2) is 28.9 Å². The van der Waals surface area contributed by atoms with Gasteiger partial charge in [-0.25, -0.2) is 4.98 Å². The summed E-state index contributed by atoms with van der Waals surface area (Å²) < 4.78 is 0. The Kier molecular flexibility index (Phi) is 4.55. The molecule has 1 amide bonds. The second-order valence-corrected chi connectivity index (χ2v) is 6.15. The molecule has 3 nitrogen and oxygen atoms in total. The van der Waals surface area contributed by atoms with Gasteiger partial charge in [0.1, 0.15) is 5.01 Å². The van der Waals surface area contributed by atoms with Crippen LogP contribution in [0.2, 0.25) is 0 Å². The fraction of sp³-hybridized carbons (Fsp3) is 0.375. The van der Waals surface area contributed by atoms with Gasteiger partial charge in [0, 0.05) is 24.0 Å². The van der Waals surface area contributed by atoms with Gasteiger partial charge in [-0.05, 0) is 26.8 Å². The molecule has 20 heavy (non-hydrogen) atoms. The lowest BCUT2D eigenvalue weighted by Gasteiger charge is -2.20. The van der Waals surface area contributed by atoms with E-state index in [2.05, 4.69) is 30.1 Å². The second-order valence-electron chi connectivity index (χ2n) is 5.29. The van der Waals surface area contributed by atoms with Crippen molar-refractivity contribution in [2.24, 2.45) is 0 Å². The Bertz CT molecular complexity index is 604. The molecule has 1 aromatic carbocycles. The molecule has 4 heteroatoms. The van der Waals surface area contributed by atoms with Gasteiger partial charge in [0.25, 0.3) is 0 Å². The Morgan fingerprint density at radius 3 is 2.80 bits per heavy atom. The molecule has 0 radical (unpaired) electrons. The van der Waals surface area contributed by atoms with Gasteiger partial charge in [-0.15, -0.1) is 11.3 Å². The van der Waals surface area contributed by atoms with Crippen LogP contribution in [0.3, 0.4) is 0 Å². The summed E-state index contributed by atoms with van der Waals surface area (Å²) in [4.78, 5) is 18.4. The van der Waals surface area contributed by atoms with Crippen molar-refractivity contribution in [2.75, 3.05) is 7.05 Å².